The molecule has 0 unspecified atom stereocenters. The quantitative estimate of drug-likeness (QED) is 0.419. The summed E-state index contributed by atoms with van der Waals surface area (Å²) in [6, 6.07) is 18.2. The van der Waals surface area contributed by atoms with Crippen molar-refractivity contribution >= 4 is 17.8 Å². The van der Waals surface area contributed by atoms with E-state index in [-0.39, 0.29) is 30.5 Å². The van der Waals surface area contributed by atoms with Crippen LogP contribution in [-0.2, 0) is 9.53 Å². The fourth-order valence-corrected chi connectivity index (χ4v) is 3.21. The van der Waals surface area contributed by atoms with Crippen LogP contribution in [-0.4, -0.2) is 40.4 Å². The van der Waals surface area contributed by atoms with E-state index in [4.69, 9.17) is 4.74 Å². The van der Waals surface area contributed by atoms with Gasteiger partial charge in [0.1, 0.15) is 5.56 Å². The minimum absolute atomic E-state index is 0.0188. The minimum atomic E-state index is -0.753. The van der Waals surface area contributed by atoms with Crippen LogP contribution in [0, 0.1) is 0 Å². The van der Waals surface area contributed by atoms with E-state index in [2.05, 4.69) is 20.6 Å². The molecule has 9 nitrogen and oxygen atoms in total. The van der Waals surface area contributed by atoms with Gasteiger partial charge in [-0.3, -0.25) is 19.2 Å². The van der Waals surface area contributed by atoms with E-state index in [0.717, 1.165) is 17.3 Å². The number of aromatic nitrogens is 2. The van der Waals surface area contributed by atoms with Crippen molar-refractivity contribution in [3.8, 4) is 0 Å². The first-order chi connectivity index (χ1) is 16.3. The predicted octanol–water partition coefficient (Wildman–Crippen LogP) is 2.36. The summed E-state index contributed by atoms with van der Waals surface area (Å²) in [5.74, 6) is -2.01. The molecule has 0 aliphatic rings. The number of amides is 2. The molecule has 0 radical (unpaired) electrons. The summed E-state index contributed by atoms with van der Waals surface area (Å²) in [6.45, 7) is 3.47. The zero-order valence-electron chi connectivity index (χ0n) is 18.9. The molecule has 0 aliphatic heterocycles. The van der Waals surface area contributed by atoms with Gasteiger partial charge >= 0.3 is 5.97 Å². The van der Waals surface area contributed by atoms with Crippen LogP contribution in [0.4, 0.5) is 0 Å². The Labute approximate surface area is 196 Å². The summed E-state index contributed by atoms with van der Waals surface area (Å²) in [5.41, 5.74) is 0.711. The third-order valence-corrected chi connectivity index (χ3v) is 4.78. The summed E-state index contributed by atoms with van der Waals surface area (Å²) in [5, 5.41) is 5.35. The van der Waals surface area contributed by atoms with Crippen molar-refractivity contribution in [1.82, 2.24) is 20.6 Å². The van der Waals surface area contributed by atoms with Crippen molar-refractivity contribution in [3.05, 3.63) is 99.7 Å². The lowest BCUT2D eigenvalue weighted by Gasteiger charge is -2.19. The van der Waals surface area contributed by atoms with Gasteiger partial charge in [0.15, 0.2) is 5.82 Å². The molecule has 0 saturated carbocycles. The normalized spacial score (nSPS) is 10.7. The Hall–Kier alpha value is -4.27. The van der Waals surface area contributed by atoms with E-state index in [0.29, 0.717) is 0 Å². The van der Waals surface area contributed by atoms with E-state index >= 15 is 0 Å². The molecule has 0 saturated heterocycles. The van der Waals surface area contributed by atoms with Crippen LogP contribution in [0.1, 0.15) is 58.4 Å². The van der Waals surface area contributed by atoms with Gasteiger partial charge in [-0.1, -0.05) is 60.7 Å². The molecule has 34 heavy (non-hydrogen) atoms. The van der Waals surface area contributed by atoms with Crippen LogP contribution in [0.25, 0.3) is 0 Å². The number of esters is 1. The van der Waals surface area contributed by atoms with Gasteiger partial charge < -0.3 is 20.4 Å². The molecule has 2 amide bonds. The molecule has 9 heteroatoms. The number of hydrogen-bond donors (Lipinski definition) is 3. The number of aromatic amines is 1. The molecule has 2 aromatic carbocycles. The van der Waals surface area contributed by atoms with Crippen LogP contribution < -0.4 is 16.2 Å². The number of carbonyl (C=O) groups is 3. The lowest BCUT2D eigenvalue weighted by atomic mass is 9.98. The van der Waals surface area contributed by atoms with Crippen molar-refractivity contribution in [2.75, 3.05) is 6.54 Å². The number of ether oxygens (including phenoxy) is 1. The van der Waals surface area contributed by atoms with Crippen molar-refractivity contribution in [3.63, 3.8) is 0 Å². The van der Waals surface area contributed by atoms with Crippen LogP contribution in [0.3, 0.4) is 0 Å². The Kier molecular flexibility index (Phi) is 8.28. The standard InChI is InChI=1S/C25H26N4O5/c1-16(2)34-20(30)13-14-26-25(33)22-27-15-19(24(32)29-22)23(31)28-21(17-9-5-3-6-10-17)18-11-7-4-8-12-18/h3-12,15-16,21H,13-14H2,1-2H3,(H,26,33)(H,28,31)(H,27,29,32). The Morgan fingerprint density at radius 3 is 2.06 bits per heavy atom. The molecule has 0 spiro atoms. The highest BCUT2D eigenvalue weighted by Gasteiger charge is 2.21. The second-order valence-electron chi connectivity index (χ2n) is 7.75. The third kappa shape index (κ3) is 6.61. The molecule has 0 bridgehead atoms. The number of nitrogens with one attached hydrogen (secondary N) is 3. The highest BCUT2D eigenvalue weighted by Crippen LogP contribution is 2.22. The molecule has 1 heterocycles. The number of H-pyrrole nitrogens is 1. The van der Waals surface area contributed by atoms with Gasteiger partial charge in [0, 0.05) is 12.7 Å². The summed E-state index contributed by atoms with van der Waals surface area (Å²) in [4.78, 5) is 55.5. The molecule has 176 valence electrons. The fraction of sp³-hybridized carbons (Fsp3) is 0.240. The van der Waals surface area contributed by atoms with Crippen molar-refractivity contribution in [1.29, 1.82) is 0 Å². The molecule has 3 N–H and O–H groups in total. The number of rotatable bonds is 9. The molecular weight excluding hydrogens is 436 g/mol. The van der Waals surface area contributed by atoms with Crippen LogP contribution in [0.15, 0.2) is 71.7 Å². The van der Waals surface area contributed by atoms with Crippen LogP contribution in [0.5, 0.6) is 0 Å². The third-order valence-electron chi connectivity index (χ3n) is 4.78. The second-order valence-corrected chi connectivity index (χ2v) is 7.75. The maximum atomic E-state index is 12.9. The number of carbonyl (C=O) groups excluding carboxylic acids is 3. The van der Waals surface area contributed by atoms with E-state index in [1.54, 1.807) is 13.8 Å². The average molecular weight is 463 g/mol. The van der Waals surface area contributed by atoms with Gasteiger partial charge in [-0.15, -0.1) is 0 Å². The van der Waals surface area contributed by atoms with Gasteiger partial charge in [-0.25, -0.2) is 4.98 Å². The number of nitrogens with zero attached hydrogens (tertiary/aromatic N) is 1. The van der Waals surface area contributed by atoms with Crippen molar-refractivity contribution in [2.45, 2.75) is 32.4 Å². The molecule has 3 rings (SSSR count). The zero-order valence-corrected chi connectivity index (χ0v) is 18.9. The maximum Gasteiger partial charge on any atom is 0.307 e. The largest absolute Gasteiger partial charge is 0.463 e. The maximum absolute atomic E-state index is 12.9. The van der Waals surface area contributed by atoms with Crippen LogP contribution in [0.2, 0.25) is 0 Å². The highest BCUT2D eigenvalue weighted by molar-refractivity contribution is 5.95. The number of benzene rings is 2. The summed E-state index contributed by atoms with van der Waals surface area (Å²) in [6.07, 6.45) is 0.793. The summed E-state index contributed by atoms with van der Waals surface area (Å²) >= 11 is 0. The molecule has 0 aliphatic carbocycles. The summed E-state index contributed by atoms with van der Waals surface area (Å²) < 4.78 is 4.99. The summed E-state index contributed by atoms with van der Waals surface area (Å²) in [7, 11) is 0. The Morgan fingerprint density at radius 1 is 0.941 bits per heavy atom. The van der Waals surface area contributed by atoms with E-state index in [1.165, 1.54) is 0 Å². The van der Waals surface area contributed by atoms with Crippen molar-refractivity contribution < 1.29 is 19.1 Å². The van der Waals surface area contributed by atoms with Gasteiger partial charge in [-0.2, -0.15) is 0 Å². The minimum Gasteiger partial charge on any atom is -0.463 e. The molecule has 0 fully saturated rings. The molecular formula is C25H26N4O5. The lowest BCUT2D eigenvalue weighted by molar-refractivity contribution is -0.147. The van der Waals surface area contributed by atoms with E-state index in [9.17, 15) is 19.2 Å². The van der Waals surface area contributed by atoms with Crippen molar-refractivity contribution in [2.24, 2.45) is 0 Å². The first-order valence-electron chi connectivity index (χ1n) is 10.8. The SMILES string of the molecule is CC(C)OC(=O)CCNC(=O)c1ncc(C(=O)NC(c2ccccc2)c2ccccc2)c(=O)[nH]1. The number of hydrogen-bond acceptors (Lipinski definition) is 6. The molecule has 1 aromatic heterocycles. The van der Waals surface area contributed by atoms with E-state index < -0.39 is 29.4 Å². The van der Waals surface area contributed by atoms with Crippen LogP contribution >= 0.6 is 0 Å². The Balaban J connectivity index is 1.70. The predicted molar refractivity (Wildman–Crippen MR) is 125 cm³/mol. The molecule has 3 aromatic rings. The van der Waals surface area contributed by atoms with Gasteiger partial charge in [-0.05, 0) is 25.0 Å². The van der Waals surface area contributed by atoms with Gasteiger partial charge in [0.2, 0.25) is 0 Å². The van der Waals surface area contributed by atoms with Gasteiger partial charge in [0.25, 0.3) is 17.4 Å². The average Bonchev–Trinajstić information content (AvgIpc) is 2.83. The second kappa shape index (κ2) is 11.6. The first kappa shape index (κ1) is 24.4. The van der Waals surface area contributed by atoms with Gasteiger partial charge in [0.05, 0.1) is 18.6 Å². The Morgan fingerprint density at radius 2 is 1.53 bits per heavy atom. The zero-order chi connectivity index (χ0) is 24.5. The smallest absolute Gasteiger partial charge is 0.307 e. The lowest BCUT2D eigenvalue weighted by Crippen LogP contribution is -2.35. The monoisotopic (exact) mass is 462 g/mol. The Bertz CT molecular complexity index is 1150. The first-order valence-corrected chi connectivity index (χ1v) is 10.8. The molecule has 0 atom stereocenters. The highest BCUT2D eigenvalue weighted by atomic mass is 16.5. The topological polar surface area (TPSA) is 130 Å². The fourth-order valence-electron chi connectivity index (χ4n) is 3.21. The van der Waals surface area contributed by atoms with E-state index in [1.807, 2.05) is 60.7 Å².